The van der Waals surface area contributed by atoms with E-state index < -0.39 is 0 Å². The van der Waals surface area contributed by atoms with Gasteiger partial charge in [-0.15, -0.1) is 5.10 Å². The molecular formula is C15H14N4O. The average Bonchev–Trinajstić information content (AvgIpc) is 2.87. The summed E-state index contributed by atoms with van der Waals surface area (Å²) >= 11 is 0. The van der Waals surface area contributed by atoms with Crippen molar-refractivity contribution in [3.8, 4) is 0 Å². The lowest BCUT2D eigenvalue weighted by Crippen LogP contribution is -2.26. The lowest BCUT2D eigenvalue weighted by Gasteiger charge is -2.17. The lowest BCUT2D eigenvalue weighted by atomic mass is 10.1. The maximum atomic E-state index is 12.5. The Morgan fingerprint density at radius 3 is 2.65 bits per heavy atom. The fraction of sp³-hybridized carbons (Fsp3) is 0.133. The summed E-state index contributed by atoms with van der Waals surface area (Å²) in [6.45, 7) is 0. The van der Waals surface area contributed by atoms with Gasteiger partial charge in [0.1, 0.15) is 5.52 Å². The van der Waals surface area contributed by atoms with Crippen molar-refractivity contribution in [2.45, 2.75) is 0 Å². The molecule has 0 fully saturated rings. The zero-order chi connectivity index (χ0) is 14.1. The molecule has 5 nitrogen and oxygen atoms in total. The van der Waals surface area contributed by atoms with Crippen LogP contribution in [0.4, 0.5) is 5.69 Å². The van der Waals surface area contributed by atoms with Gasteiger partial charge in [-0.05, 0) is 30.3 Å². The van der Waals surface area contributed by atoms with E-state index >= 15 is 0 Å². The highest BCUT2D eigenvalue weighted by atomic mass is 16.2. The van der Waals surface area contributed by atoms with Crippen LogP contribution in [0, 0.1) is 0 Å². The Morgan fingerprint density at radius 2 is 1.90 bits per heavy atom. The van der Waals surface area contributed by atoms with Gasteiger partial charge >= 0.3 is 0 Å². The number of carbonyl (C=O) groups is 1. The van der Waals surface area contributed by atoms with Gasteiger partial charge in [0.2, 0.25) is 0 Å². The lowest BCUT2D eigenvalue weighted by molar-refractivity contribution is 0.0993. The van der Waals surface area contributed by atoms with Crippen LogP contribution in [0.2, 0.25) is 0 Å². The van der Waals surface area contributed by atoms with Crippen LogP contribution >= 0.6 is 0 Å². The van der Waals surface area contributed by atoms with Crippen molar-refractivity contribution in [3.63, 3.8) is 0 Å². The Bertz CT molecular complexity index is 764. The van der Waals surface area contributed by atoms with E-state index in [1.807, 2.05) is 43.4 Å². The number of aromatic nitrogens is 3. The summed E-state index contributed by atoms with van der Waals surface area (Å²) in [6.07, 6.45) is 0. The quantitative estimate of drug-likeness (QED) is 0.714. The molecule has 1 aromatic heterocycles. The minimum atomic E-state index is -0.0660. The van der Waals surface area contributed by atoms with Crippen molar-refractivity contribution in [2.24, 2.45) is 7.05 Å². The van der Waals surface area contributed by atoms with Crippen LogP contribution in [0.5, 0.6) is 0 Å². The Hall–Kier alpha value is -2.69. The van der Waals surface area contributed by atoms with Crippen LogP contribution in [0.3, 0.4) is 0 Å². The predicted molar refractivity (Wildman–Crippen MR) is 77.7 cm³/mol. The molecule has 20 heavy (non-hydrogen) atoms. The summed E-state index contributed by atoms with van der Waals surface area (Å²) in [5, 5.41) is 7.98. The summed E-state index contributed by atoms with van der Waals surface area (Å²) in [7, 11) is 3.59. The van der Waals surface area contributed by atoms with E-state index in [1.165, 1.54) is 0 Å². The summed E-state index contributed by atoms with van der Waals surface area (Å²) in [5.74, 6) is -0.0660. The summed E-state index contributed by atoms with van der Waals surface area (Å²) < 4.78 is 1.69. The predicted octanol–water partition coefficient (Wildman–Crippen LogP) is 2.24. The fourth-order valence-electron chi connectivity index (χ4n) is 2.14. The molecule has 2 aromatic carbocycles. The Morgan fingerprint density at radius 1 is 1.15 bits per heavy atom. The molecule has 0 saturated heterocycles. The molecule has 0 saturated carbocycles. The second kappa shape index (κ2) is 4.77. The standard InChI is InChI=1S/C15H14N4O/c1-18(12-6-4-3-5-7-12)15(20)11-8-9-14-13(10-11)16-17-19(14)2/h3-10H,1-2H3. The van der Waals surface area contributed by atoms with Crippen LogP contribution in [0.25, 0.3) is 11.0 Å². The van der Waals surface area contributed by atoms with Gasteiger partial charge in [0.25, 0.3) is 5.91 Å². The topological polar surface area (TPSA) is 51.0 Å². The van der Waals surface area contributed by atoms with Crippen molar-refractivity contribution in [2.75, 3.05) is 11.9 Å². The summed E-state index contributed by atoms with van der Waals surface area (Å²) in [4.78, 5) is 14.1. The third-order valence-corrected chi connectivity index (χ3v) is 3.31. The number of hydrogen-bond acceptors (Lipinski definition) is 3. The van der Waals surface area contributed by atoms with Crippen molar-refractivity contribution in [1.29, 1.82) is 0 Å². The molecule has 0 bridgehead atoms. The molecule has 1 heterocycles. The second-order valence-electron chi connectivity index (χ2n) is 4.62. The van der Waals surface area contributed by atoms with Gasteiger partial charge < -0.3 is 4.90 Å². The van der Waals surface area contributed by atoms with Crippen molar-refractivity contribution in [3.05, 3.63) is 54.1 Å². The van der Waals surface area contributed by atoms with Gasteiger partial charge in [0, 0.05) is 25.3 Å². The van der Waals surface area contributed by atoms with Gasteiger partial charge in [0.15, 0.2) is 0 Å². The molecule has 0 radical (unpaired) electrons. The third kappa shape index (κ3) is 2.03. The van der Waals surface area contributed by atoms with Gasteiger partial charge in [0.05, 0.1) is 5.52 Å². The number of para-hydroxylation sites is 1. The van der Waals surface area contributed by atoms with Crippen LogP contribution in [0.15, 0.2) is 48.5 Å². The monoisotopic (exact) mass is 266 g/mol. The first-order valence-electron chi connectivity index (χ1n) is 6.29. The Kier molecular flexibility index (Phi) is 2.95. The van der Waals surface area contributed by atoms with E-state index in [0.29, 0.717) is 5.56 Å². The molecule has 3 rings (SSSR count). The highest BCUT2D eigenvalue weighted by Crippen LogP contribution is 2.17. The molecular weight excluding hydrogens is 252 g/mol. The minimum absolute atomic E-state index is 0.0660. The van der Waals surface area contributed by atoms with Gasteiger partial charge in [-0.2, -0.15) is 0 Å². The molecule has 0 aliphatic rings. The number of aryl methyl sites for hydroxylation is 1. The van der Waals surface area contributed by atoms with Gasteiger partial charge in [-0.1, -0.05) is 23.4 Å². The Labute approximate surface area is 116 Å². The maximum Gasteiger partial charge on any atom is 0.258 e. The first-order valence-corrected chi connectivity index (χ1v) is 6.29. The summed E-state index contributed by atoms with van der Waals surface area (Å²) in [5.41, 5.74) is 3.09. The molecule has 100 valence electrons. The van der Waals surface area contributed by atoms with E-state index in [0.717, 1.165) is 16.7 Å². The normalized spacial score (nSPS) is 10.7. The number of fused-ring (bicyclic) bond motifs is 1. The van der Waals surface area contributed by atoms with Crippen molar-refractivity contribution >= 4 is 22.6 Å². The number of nitrogens with zero attached hydrogens (tertiary/aromatic N) is 4. The molecule has 0 aliphatic carbocycles. The zero-order valence-electron chi connectivity index (χ0n) is 11.3. The number of amides is 1. The van der Waals surface area contributed by atoms with Gasteiger partial charge in [-0.25, -0.2) is 4.68 Å². The molecule has 0 unspecified atom stereocenters. The highest BCUT2D eigenvalue weighted by Gasteiger charge is 2.14. The number of carbonyl (C=O) groups excluding carboxylic acids is 1. The van der Waals surface area contributed by atoms with Gasteiger partial charge in [-0.3, -0.25) is 4.79 Å². The maximum absolute atomic E-state index is 12.5. The number of benzene rings is 2. The average molecular weight is 266 g/mol. The minimum Gasteiger partial charge on any atom is -0.311 e. The first kappa shape index (κ1) is 12.3. The zero-order valence-corrected chi connectivity index (χ0v) is 11.3. The SMILES string of the molecule is CN(C(=O)c1ccc2c(c1)nnn2C)c1ccccc1. The van der Waals surface area contributed by atoms with Crippen molar-refractivity contribution in [1.82, 2.24) is 15.0 Å². The van der Waals surface area contributed by atoms with E-state index in [-0.39, 0.29) is 5.91 Å². The van der Waals surface area contributed by atoms with E-state index in [4.69, 9.17) is 0 Å². The largest absolute Gasteiger partial charge is 0.311 e. The molecule has 1 amide bonds. The van der Waals surface area contributed by atoms with E-state index in [2.05, 4.69) is 10.3 Å². The first-order chi connectivity index (χ1) is 9.66. The summed E-state index contributed by atoms with van der Waals surface area (Å²) in [6, 6.07) is 15.0. The fourth-order valence-corrected chi connectivity index (χ4v) is 2.14. The third-order valence-electron chi connectivity index (χ3n) is 3.31. The number of hydrogen-bond donors (Lipinski definition) is 0. The van der Waals surface area contributed by atoms with Crippen molar-refractivity contribution < 1.29 is 4.79 Å². The second-order valence-corrected chi connectivity index (χ2v) is 4.62. The Balaban J connectivity index is 1.96. The number of rotatable bonds is 2. The molecule has 0 atom stereocenters. The molecule has 3 aromatic rings. The highest BCUT2D eigenvalue weighted by molar-refractivity contribution is 6.07. The molecule has 0 aliphatic heterocycles. The van der Waals surface area contributed by atoms with Crippen LogP contribution < -0.4 is 4.90 Å². The molecule has 0 spiro atoms. The molecule has 5 heteroatoms. The van der Waals surface area contributed by atoms with Crippen LogP contribution in [0.1, 0.15) is 10.4 Å². The smallest absolute Gasteiger partial charge is 0.258 e. The van der Waals surface area contributed by atoms with E-state index in [9.17, 15) is 4.79 Å². The van der Waals surface area contributed by atoms with Crippen LogP contribution in [-0.4, -0.2) is 27.9 Å². The van der Waals surface area contributed by atoms with Crippen LogP contribution in [-0.2, 0) is 7.05 Å². The molecule has 0 N–H and O–H groups in total. The number of anilines is 1. The van der Waals surface area contributed by atoms with E-state index in [1.54, 1.807) is 28.8 Å².